The third kappa shape index (κ3) is 3.78. The number of carbonyl (C=O) groups excluding carboxylic acids is 4. The van der Waals surface area contributed by atoms with Crippen molar-refractivity contribution in [2.24, 2.45) is 0 Å². The first kappa shape index (κ1) is 21.3. The van der Waals surface area contributed by atoms with Crippen molar-refractivity contribution in [3.05, 3.63) is 47.3 Å². The van der Waals surface area contributed by atoms with E-state index < -0.39 is 35.8 Å². The molecule has 11 heteroatoms. The molecule has 0 radical (unpaired) electrons. The molecule has 2 fully saturated rings. The zero-order chi connectivity index (χ0) is 23.1. The minimum absolute atomic E-state index is 0.0685. The van der Waals surface area contributed by atoms with Crippen molar-refractivity contribution in [2.75, 3.05) is 18.4 Å². The van der Waals surface area contributed by atoms with Crippen LogP contribution in [0.3, 0.4) is 0 Å². The SMILES string of the molecule is O=C1CCC(N2C(=O)c3cccc(CNc4cnn([C@@H]5CCNC[C@H]5F)c4)c3C2=O)C(=O)N1. The van der Waals surface area contributed by atoms with Gasteiger partial charge in [0.15, 0.2) is 0 Å². The van der Waals surface area contributed by atoms with Crippen LogP contribution in [-0.4, -0.2) is 63.6 Å². The highest BCUT2D eigenvalue weighted by atomic mass is 19.1. The van der Waals surface area contributed by atoms with Gasteiger partial charge in [0.2, 0.25) is 11.8 Å². The maximum Gasteiger partial charge on any atom is 0.262 e. The molecule has 1 aromatic carbocycles. The van der Waals surface area contributed by atoms with Gasteiger partial charge < -0.3 is 10.6 Å². The Hall–Kier alpha value is -3.60. The summed E-state index contributed by atoms with van der Waals surface area (Å²) in [5, 5.41) is 12.7. The van der Waals surface area contributed by atoms with Gasteiger partial charge in [0.1, 0.15) is 12.2 Å². The Balaban J connectivity index is 1.33. The molecule has 0 spiro atoms. The first-order valence-electron chi connectivity index (χ1n) is 10.9. The van der Waals surface area contributed by atoms with Crippen molar-refractivity contribution in [2.45, 2.75) is 44.1 Å². The Kier molecular flexibility index (Phi) is 5.41. The number of aromatic nitrogens is 2. The van der Waals surface area contributed by atoms with Gasteiger partial charge in [-0.15, -0.1) is 0 Å². The minimum atomic E-state index is -1.02. The Labute approximate surface area is 188 Å². The topological polar surface area (TPSA) is 125 Å². The lowest BCUT2D eigenvalue weighted by Crippen LogP contribution is -2.54. The van der Waals surface area contributed by atoms with Gasteiger partial charge in [-0.3, -0.25) is 34.1 Å². The molecule has 1 unspecified atom stereocenters. The van der Waals surface area contributed by atoms with E-state index in [1.807, 2.05) is 0 Å². The van der Waals surface area contributed by atoms with E-state index in [1.165, 1.54) is 0 Å². The number of nitrogens with zero attached hydrogens (tertiary/aromatic N) is 3. The number of hydrogen-bond acceptors (Lipinski definition) is 7. The smallest absolute Gasteiger partial charge is 0.262 e. The van der Waals surface area contributed by atoms with E-state index in [9.17, 15) is 23.6 Å². The van der Waals surface area contributed by atoms with Gasteiger partial charge in [-0.05, 0) is 31.0 Å². The van der Waals surface area contributed by atoms with E-state index in [2.05, 4.69) is 21.0 Å². The van der Waals surface area contributed by atoms with Gasteiger partial charge in [-0.1, -0.05) is 12.1 Å². The number of anilines is 1. The lowest BCUT2D eigenvalue weighted by molar-refractivity contribution is -0.136. The van der Waals surface area contributed by atoms with Crippen LogP contribution in [0.2, 0.25) is 0 Å². The first-order chi connectivity index (χ1) is 15.9. The predicted octanol–water partition coefficient (Wildman–Crippen LogP) is 0.769. The fraction of sp³-hybridized carbons (Fsp3) is 0.409. The first-order valence-corrected chi connectivity index (χ1v) is 10.9. The van der Waals surface area contributed by atoms with Gasteiger partial charge in [0, 0.05) is 25.7 Å². The highest BCUT2D eigenvalue weighted by molar-refractivity contribution is 6.24. The summed E-state index contributed by atoms with van der Waals surface area (Å²) in [4.78, 5) is 50.8. The van der Waals surface area contributed by atoms with E-state index >= 15 is 0 Å². The second-order valence-electron chi connectivity index (χ2n) is 8.43. The molecule has 3 aliphatic heterocycles. The summed E-state index contributed by atoms with van der Waals surface area (Å²) < 4.78 is 15.8. The summed E-state index contributed by atoms with van der Waals surface area (Å²) in [5.41, 5.74) is 1.74. The van der Waals surface area contributed by atoms with Crippen molar-refractivity contribution < 1.29 is 23.6 Å². The number of hydrogen-bond donors (Lipinski definition) is 3. The molecule has 5 rings (SSSR count). The monoisotopic (exact) mass is 454 g/mol. The molecular formula is C22H23FN6O4. The Bertz CT molecular complexity index is 1150. The second kappa shape index (κ2) is 8.39. The molecule has 4 amide bonds. The summed E-state index contributed by atoms with van der Waals surface area (Å²) in [6, 6.07) is 3.64. The number of piperidine rings is 2. The molecule has 4 heterocycles. The fourth-order valence-corrected chi connectivity index (χ4v) is 4.64. The summed E-state index contributed by atoms with van der Waals surface area (Å²) in [7, 11) is 0. The highest BCUT2D eigenvalue weighted by Gasteiger charge is 2.45. The van der Waals surface area contributed by atoms with Crippen LogP contribution in [0.25, 0.3) is 0 Å². The third-order valence-corrected chi connectivity index (χ3v) is 6.35. The number of halogens is 1. The average molecular weight is 454 g/mol. The van der Waals surface area contributed by atoms with Crippen LogP contribution in [0.15, 0.2) is 30.6 Å². The van der Waals surface area contributed by atoms with Crippen LogP contribution >= 0.6 is 0 Å². The molecule has 0 bridgehead atoms. The maximum atomic E-state index is 14.2. The molecule has 2 aromatic rings. The standard InChI is InChI=1S/C22H23FN6O4/c23-15-10-24-7-6-16(15)28-11-13(9-26-28)25-8-12-2-1-3-14-19(12)22(33)29(21(14)32)17-4-5-18(30)27-20(17)31/h1-3,9,11,15-17,24-25H,4-8,10H2,(H,27,30,31)/t15-,16-,17?/m1/s1. The van der Waals surface area contributed by atoms with E-state index in [-0.39, 0.29) is 36.6 Å². The van der Waals surface area contributed by atoms with Crippen molar-refractivity contribution in [3.8, 4) is 0 Å². The predicted molar refractivity (Wildman–Crippen MR) is 114 cm³/mol. The van der Waals surface area contributed by atoms with E-state index in [4.69, 9.17) is 0 Å². The molecule has 3 atom stereocenters. The van der Waals surface area contributed by atoms with Crippen LogP contribution in [0.4, 0.5) is 10.1 Å². The third-order valence-electron chi connectivity index (χ3n) is 6.35. The van der Waals surface area contributed by atoms with Crippen LogP contribution in [0.5, 0.6) is 0 Å². The highest BCUT2D eigenvalue weighted by Crippen LogP contribution is 2.30. The molecular weight excluding hydrogens is 431 g/mol. The van der Waals surface area contributed by atoms with Crippen molar-refractivity contribution in [1.82, 2.24) is 25.3 Å². The molecule has 0 saturated carbocycles. The van der Waals surface area contributed by atoms with Gasteiger partial charge >= 0.3 is 0 Å². The molecule has 3 N–H and O–H groups in total. The summed E-state index contributed by atoms with van der Waals surface area (Å²) in [6.45, 7) is 1.26. The Morgan fingerprint density at radius 2 is 2.00 bits per heavy atom. The molecule has 2 saturated heterocycles. The summed E-state index contributed by atoms with van der Waals surface area (Å²) in [6.07, 6.45) is 3.12. The number of rotatable bonds is 5. The second-order valence-corrected chi connectivity index (χ2v) is 8.43. The molecule has 3 aliphatic rings. The number of imide groups is 2. The van der Waals surface area contributed by atoms with Crippen molar-refractivity contribution >= 4 is 29.3 Å². The van der Waals surface area contributed by atoms with Crippen molar-refractivity contribution in [3.63, 3.8) is 0 Å². The van der Waals surface area contributed by atoms with Gasteiger partial charge in [-0.25, -0.2) is 4.39 Å². The van der Waals surface area contributed by atoms with E-state index in [0.29, 0.717) is 24.2 Å². The number of amides is 4. The largest absolute Gasteiger partial charge is 0.378 e. The summed E-state index contributed by atoms with van der Waals surface area (Å²) >= 11 is 0. The zero-order valence-electron chi connectivity index (χ0n) is 17.7. The molecule has 172 valence electrons. The van der Waals surface area contributed by atoms with E-state index in [0.717, 1.165) is 11.4 Å². The van der Waals surface area contributed by atoms with Gasteiger partial charge in [-0.2, -0.15) is 5.10 Å². The minimum Gasteiger partial charge on any atom is -0.378 e. The number of benzene rings is 1. The fourth-order valence-electron chi connectivity index (χ4n) is 4.64. The number of alkyl halides is 1. The molecule has 10 nitrogen and oxygen atoms in total. The van der Waals surface area contributed by atoms with Gasteiger partial charge in [0.25, 0.3) is 11.8 Å². The quantitative estimate of drug-likeness (QED) is 0.570. The Morgan fingerprint density at radius 1 is 1.15 bits per heavy atom. The zero-order valence-corrected chi connectivity index (χ0v) is 17.7. The molecule has 33 heavy (non-hydrogen) atoms. The number of nitrogens with one attached hydrogen (secondary N) is 3. The summed E-state index contributed by atoms with van der Waals surface area (Å²) in [5.74, 6) is -2.15. The maximum absolute atomic E-state index is 14.2. The lowest BCUT2D eigenvalue weighted by atomic mass is 10.0. The number of fused-ring (bicyclic) bond motifs is 1. The van der Waals surface area contributed by atoms with Crippen molar-refractivity contribution in [1.29, 1.82) is 0 Å². The molecule has 1 aromatic heterocycles. The lowest BCUT2D eigenvalue weighted by Gasteiger charge is -2.27. The van der Waals surface area contributed by atoms with Gasteiger partial charge in [0.05, 0.1) is 29.1 Å². The normalized spacial score (nSPS) is 25.2. The number of carbonyl (C=O) groups is 4. The van der Waals surface area contributed by atoms with Crippen LogP contribution in [-0.2, 0) is 16.1 Å². The van der Waals surface area contributed by atoms with Crippen LogP contribution in [0.1, 0.15) is 51.6 Å². The van der Waals surface area contributed by atoms with Crippen LogP contribution < -0.4 is 16.0 Å². The van der Waals surface area contributed by atoms with E-state index in [1.54, 1.807) is 35.3 Å². The molecule has 0 aliphatic carbocycles. The average Bonchev–Trinajstić information content (AvgIpc) is 3.37. The van der Waals surface area contributed by atoms with Crippen LogP contribution in [0, 0.1) is 0 Å². The Morgan fingerprint density at radius 3 is 2.79 bits per heavy atom.